The third-order valence-corrected chi connectivity index (χ3v) is 5.76. The molecule has 1 nitrogen and oxygen atoms in total. The van der Waals surface area contributed by atoms with Gasteiger partial charge in [0.25, 0.3) is 0 Å². The largest absolute Gasteiger partial charge is 0.394 e. The van der Waals surface area contributed by atoms with Crippen molar-refractivity contribution in [1.29, 1.82) is 0 Å². The van der Waals surface area contributed by atoms with Crippen molar-refractivity contribution in [2.75, 3.05) is 7.05 Å². The van der Waals surface area contributed by atoms with Gasteiger partial charge in [-0.2, -0.15) is 13.2 Å². The maximum absolute atomic E-state index is 14.1. The molecule has 1 N–H and O–H groups in total. The number of hydrogen-bond donors (Lipinski definition) is 1. The fourth-order valence-electron chi connectivity index (χ4n) is 4.04. The predicted molar refractivity (Wildman–Crippen MR) is 84.3 cm³/mol. The average Bonchev–Trinajstić information content (AvgIpc) is 2.39. The van der Waals surface area contributed by atoms with E-state index in [2.05, 4.69) is 5.32 Å². The molecule has 3 saturated carbocycles. The number of rotatable bonds is 3. The highest BCUT2D eigenvalue weighted by molar-refractivity contribution is 6.42. The van der Waals surface area contributed by atoms with Crippen LogP contribution in [0.15, 0.2) is 12.1 Å². The van der Waals surface area contributed by atoms with Gasteiger partial charge in [0.2, 0.25) is 0 Å². The summed E-state index contributed by atoms with van der Waals surface area (Å²) in [5.41, 5.74) is -1.99. The Morgan fingerprint density at radius 3 is 2.09 bits per heavy atom. The maximum atomic E-state index is 14.1. The zero-order chi connectivity index (χ0) is 17.6. The van der Waals surface area contributed by atoms with Crippen molar-refractivity contribution in [1.82, 2.24) is 5.32 Å². The SMILES string of the molecule is CC.CNC(c1c(F)ccc(Cl)c1Cl)C12CC(C(F)(F)F)(C1)C2. The summed E-state index contributed by atoms with van der Waals surface area (Å²) in [5.74, 6) is -0.547. The van der Waals surface area contributed by atoms with Crippen molar-refractivity contribution >= 4 is 23.2 Å². The first-order valence-electron chi connectivity index (χ1n) is 7.53. The lowest BCUT2D eigenvalue weighted by Crippen LogP contribution is -2.71. The van der Waals surface area contributed by atoms with Gasteiger partial charge >= 0.3 is 6.18 Å². The first-order chi connectivity index (χ1) is 10.7. The van der Waals surface area contributed by atoms with Gasteiger partial charge in [-0.3, -0.25) is 0 Å². The van der Waals surface area contributed by atoms with Crippen molar-refractivity contribution in [3.8, 4) is 0 Å². The minimum absolute atomic E-state index is 0.0112. The van der Waals surface area contributed by atoms with Gasteiger partial charge in [-0.1, -0.05) is 37.0 Å². The molecule has 3 aliphatic rings. The van der Waals surface area contributed by atoms with Crippen molar-refractivity contribution in [2.45, 2.75) is 45.3 Å². The van der Waals surface area contributed by atoms with Crippen LogP contribution in [0.3, 0.4) is 0 Å². The molecule has 0 radical (unpaired) electrons. The van der Waals surface area contributed by atoms with Crippen LogP contribution in [0.25, 0.3) is 0 Å². The second-order valence-corrected chi connectivity index (χ2v) is 6.93. The van der Waals surface area contributed by atoms with E-state index in [-0.39, 0.29) is 34.9 Å². The van der Waals surface area contributed by atoms with Crippen LogP contribution in [0, 0.1) is 16.6 Å². The van der Waals surface area contributed by atoms with Gasteiger partial charge in [0.05, 0.1) is 15.5 Å². The maximum Gasteiger partial charge on any atom is 0.394 e. The first kappa shape index (κ1) is 18.8. The van der Waals surface area contributed by atoms with E-state index in [9.17, 15) is 17.6 Å². The molecule has 1 aromatic carbocycles. The van der Waals surface area contributed by atoms with Gasteiger partial charge < -0.3 is 5.32 Å². The molecule has 3 aliphatic carbocycles. The Bertz CT molecular complexity index is 581. The Labute approximate surface area is 143 Å². The predicted octanol–water partition coefficient (Wildman–Crippen LogP) is 6.15. The molecule has 4 rings (SSSR count). The van der Waals surface area contributed by atoms with Crippen LogP contribution >= 0.6 is 23.2 Å². The molecule has 0 spiro atoms. The minimum atomic E-state index is -4.19. The topological polar surface area (TPSA) is 12.0 Å². The van der Waals surface area contributed by atoms with Gasteiger partial charge in [-0.05, 0) is 43.9 Å². The molecule has 7 heteroatoms. The lowest BCUT2D eigenvalue weighted by Gasteiger charge is -2.73. The van der Waals surface area contributed by atoms with Gasteiger partial charge in [0.15, 0.2) is 0 Å². The molecule has 1 atom stereocenters. The molecular weight excluding hydrogens is 353 g/mol. The summed E-state index contributed by atoms with van der Waals surface area (Å²) >= 11 is 12.0. The van der Waals surface area contributed by atoms with Gasteiger partial charge in [-0.25, -0.2) is 4.39 Å². The highest BCUT2D eigenvalue weighted by Gasteiger charge is 2.80. The van der Waals surface area contributed by atoms with Crippen LogP contribution in [-0.4, -0.2) is 13.2 Å². The van der Waals surface area contributed by atoms with E-state index < -0.39 is 28.9 Å². The van der Waals surface area contributed by atoms with E-state index >= 15 is 0 Å². The fraction of sp³-hybridized carbons (Fsp3) is 0.625. The van der Waals surface area contributed by atoms with Crippen molar-refractivity contribution in [3.05, 3.63) is 33.6 Å². The molecule has 1 aromatic rings. The molecule has 1 unspecified atom stereocenters. The number of halogens is 6. The van der Waals surface area contributed by atoms with E-state index in [0.717, 1.165) is 0 Å². The second-order valence-electron chi connectivity index (χ2n) is 6.15. The summed E-state index contributed by atoms with van der Waals surface area (Å²) in [6.07, 6.45) is -4.16. The van der Waals surface area contributed by atoms with Crippen LogP contribution < -0.4 is 5.32 Å². The Morgan fingerprint density at radius 1 is 1.13 bits per heavy atom. The summed E-state index contributed by atoms with van der Waals surface area (Å²) in [6.45, 7) is 4.00. The van der Waals surface area contributed by atoms with E-state index in [1.807, 2.05) is 13.8 Å². The molecule has 3 fully saturated rings. The molecule has 23 heavy (non-hydrogen) atoms. The third kappa shape index (κ3) is 2.65. The number of nitrogens with one attached hydrogen (secondary N) is 1. The molecule has 0 aliphatic heterocycles. The van der Waals surface area contributed by atoms with Gasteiger partial charge in [0.1, 0.15) is 5.82 Å². The molecule has 0 amide bonds. The number of alkyl halides is 3. The molecule has 0 saturated heterocycles. The molecule has 2 bridgehead atoms. The second kappa shape index (κ2) is 6.08. The fourth-order valence-corrected chi connectivity index (χ4v) is 4.46. The summed E-state index contributed by atoms with van der Waals surface area (Å²) in [6, 6.07) is 1.97. The Kier molecular flexibility index (Phi) is 4.98. The normalized spacial score (nSPS) is 29.8. The van der Waals surface area contributed by atoms with E-state index in [1.165, 1.54) is 12.1 Å². The summed E-state index contributed by atoms with van der Waals surface area (Å²) in [7, 11) is 1.60. The third-order valence-electron chi connectivity index (χ3n) is 4.94. The van der Waals surface area contributed by atoms with Crippen molar-refractivity contribution in [2.24, 2.45) is 10.8 Å². The Balaban J connectivity index is 0.000000924. The quantitative estimate of drug-likeness (QED) is 0.496. The van der Waals surface area contributed by atoms with Gasteiger partial charge in [-0.15, -0.1) is 0 Å². The lowest BCUT2D eigenvalue weighted by molar-refractivity contribution is -0.370. The van der Waals surface area contributed by atoms with E-state index in [4.69, 9.17) is 23.2 Å². The monoisotopic (exact) mass is 371 g/mol. The zero-order valence-corrected chi connectivity index (χ0v) is 14.6. The van der Waals surface area contributed by atoms with Gasteiger partial charge in [0, 0.05) is 11.6 Å². The van der Waals surface area contributed by atoms with Crippen LogP contribution in [0.5, 0.6) is 0 Å². The van der Waals surface area contributed by atoms with Crippen molar-refractivity contribution < 1.29 is 17.6 Å². The van der Waals surface area contributed by atoms with Crippen LogP contribution in [0.4, 0.5) is 17.6 Å². The molecule has 0 heterocycles. The van der Waals surface area contributed by atoms with E-state index in [1.54, 1.807) is 7.05 Å². The van der Waals surface area contributed by atoms with Crippen LogP contribution in [0.2, 0.25) is 10.0 Å². The van der Waals surface area contributed by atoms with Crippen LogP contribution in [0.1, 0.15) is 44.7 Å². The minimum Gasteiger partial charge on any atom is -0.312 e. The zero-order valence-electron chi connectivity index (χ0n) is 13.1. The van der Waals surface area contributed by atoms with E-state index in [0.29, 0.717) is 0 Å². The Morgan fingerprint density at radius 2 is 1.65 bits per heavy atom. The lowest BCUT2D eigenvalue weighted by atomic mass is 9.32. The first-order valence-corrected chi connectivity index (χ1v) is 8.29. The van der Waals surface area contributed by atoms with Crippen molar-refractivity contribution in [3.63, 3.8) is 0 Å². The van der Waals surface area contributed by atoms with Crippen LogP contribution in [-0.2, 0) is 0 Å². The summed E-state index contributed by atoms with van der Waals surface area (Å²) in [4.78, 5) is 0. The summed E-state index contributed by atoms with van der Waals surface area (Å²) in [5, 5.41) is 3.20. The average molecular weight is 372 g/mol. The summed E-state index contributed by atoms with van der Waals surface area (Å²) < 4.78 is 52.9. The standard InChI is InChI=1S/C14H13Cl2F4N.C2H6/c1-21-11(9-8(17)3-2-7(15)10(9)16)12-4-13(5-12,6-12)14(18,19)20;1-2/h2-3,11,21H,4-6H2,1H3;1-2H3. The number of hydrogen-bond acceptors (Lipinski definition) is 1. The molecule has 0 aromatic heterocycles. The highest BCUT2D eigenvalue weighted by atomic mass is 35.5. The molecule has 130 valence electrons. The Hall–Kier alpha value is -0.520. The highest BCUT2D eigenvalue weighted by Crippen LogP contribution is 2.81. The number of benzene rings is 1. The molecular formula is C16H19Cl2F4N. The smallest absolute Gasteiger partial charge is 0.312 e.